The predicted octanol–water partition coefficient (Wildman–Crippen LogP) is 3.38. The van der Waals surface area contributed by atoms with Crippen molar-refractivity contribution in [3.8, 4) is 0 Å². The molecule has 0 fully saturated rings. The molecule has 2 heterocycles. The lowest BCUT2D eigenvalue weighted by Crippen LogP contribution is -2.05. The van der Waals surface area contributed by atoms with E-state index >= 15 is 0 Å². The number of nitrogens with one attached hydrogen (secondary N) is 1. The highest BCUT2D eigenvalue weighted by Crippen LogP contribution is 2.42. The monoisotopic (exact) mass is 251 g/mol. The Labute approximate surface area is 103 Å². The Morgan fingerprint density at radius 2 is 2.38 bits per heavy atom. The summed E-state index contributed by atoms with van der Waals surface area (Å²) in [4.78, 5) is 9.78. The molecule has 1 aliphatic rings. The molecule has 0 saturated carbocycles. The SMILES string of the molecule is C[C@@H]1CCCc2sc3nc(=S)[nH]c(N)c3c21. The predicted molar refractivity (Wildman–Crippen MR) is 70.6 cm³/mol. The molecule has 0 amide bonds. The van der Waals surface area contributed by atoms with Gasteiger partial charge in [0.25, 0.3) is 0 Å². The molecule has 0 bridgehead atoms. The summed E-state index contributed by atoms with van der Waals surface area (Å²) in [5.41, 5.74) is 7.44. The smallest absolute Gasteiger partial charge is 0.199 e. The third-order valence-corrected chi connectivity index (χ3v) is 4.60. The number of nitrogen functional groups attached to an aromatic ring is 1. The largest absolute Gasteiger partial charge is 0.385 e. The lowest BCUT2D eigenvalue weighted by molar-refractivity contribution is 0.602. The number of aromatic nitrogens is 2. The third kappa shape index (κ3) is 1.38. The molecule has 84 valence electrons. The van der Waals surface area contributed by atoms with E-state index in [-0.39, 0.29) is 0 Å². The van der Waals surface area contributed by atoms with Crippen LogP contribution in [-0.2, 0) is 6.42 Å². The maximum atomic E-state index is 6.03. The van der Waals surface area contributed by atoms with Crippen LogP contribution in [0.15, 0.2) is 0 Å². The van der Waals surface area contributed by atoms with Gasteiger partial charge < -0.3 is 10.7 Å². The second-order valence-electron chi connectivity index (χ2n) is 4.37. The number of nitrogens with zero attached hydrogens (tertiary/aromatic N) is 1. The molecule has 16 heavy (non-hydrogen) atoms. The van der Waals surface area contributed by atoms with E-state index in [1.165, 1.54) is 23.3 Å². The summed E-state index contributed by atoms with van der Waals surface area (Å²) in [6, 6.07) is 0. The van der Waals surface area contributed by atoms with Crippen LogP contribution in [0.2, 0.25) is 0 Å². The number of aromatic amines is 1. The summed E-state index contributed by atoms with van der Waals surface area (Å²) in [6.45, 7) is 2.27. The second kappa shape index (κ2) is 3.53. The number of rotatable bonds is 0. The van der Waals surface area contributed by atoms with Gasteiger partial charge in [-0.1, -0.05) is 6.92 Å². The van der Waals surface area contributed by atoms with Crippen LogP contribution >= 0.6 is 23.6 Å². The average Bonchev–Trinajstić information content (AvgIpc) is 2.56. The minimum atomic E-state index is 0.483. The Morgan fingerprint density at radius 1 is 1.56 bits per heavy atom. The van der Waals surface area contributed by atoms with E-state index < -0.39 is 0 Å². The van der Waals surface area contributed by atoms with E-state index in [1.807, 2.05) is 0 Å². The molecule has 5 heteroatoms. The minimum absolute atomic E-state index is 0.483. The number of hydrogen-bond acceptors (Lipinski definition) is 4. The Hall–Kier alpha value is -0.940. The van der Waals surface area contributed by atoms with Crippen molar-refractivity contribution in [2.24, 2.45) is 0 Å². The fourth-order valence-corrected chi connectivity index (χ4v) is 4.15. The van der Waals surface area contributed by atoms with E-state index in [0.717, 1.165) is 16.6 Å². The molecular formula is C11H13N3S2. The van der Waals surface area contributed by atoms with Gasteiger partial charge in [0, 0.05) is 4.88 Å². The number of thiophene rings is 1. The van der Waals surface area contributed by atoms with Gasteiger partial charge in [-0.25, -0.2) is 4.98 Å². The van der Waals surface area contributed by atoms with Crippen LogP contribution < -0.4 is 5.73 Å². The van der Waals surface area contributed by atoms with Gasteiger partial charge in [-0.15, -0.1) is 11.3 Å². The molecule has 1 aliphatic carbocycles. The Morgan fingerprint density at radius 3 is 3.19 bits per heavy atom. The fourth-order valence-electron chi connectivity index (χ4n) is 2.53. The van der Waals surface area contributed by atoms with Gasteiger partial charge in [0.1, 0.15) is 10.6 Å². The van der Waals surface area contributed by atoms with Crippen molar-refractivity contribution in [3.05, 3.63) is 15.2 Å². The quantitative estimate of drug-likeness (QED) is 0.706. The van der Waals surface area contributed by atoms with Gasteiger partial charge >= 0.3 is 0 Å². The Kier molecular flexibility index (Phi) is 2.26. The van der Waals surface area contributed by atoms with Gasteiger partial charge in [-0.3, -0.25) is 0 Å². The number of H-pyrrole nitrogens is 1. The maximum absolute atomic E-state index is 6.03. The van der Waals surface area contributed by atoms with Crippen molar-refractivity contribution in [2.75, 3.05) is 5.73 Å². The van der Waals surface area contributed by atoms with Crippen molar-refractivity contribution in [3.63, 3.8) is 0 Å². The minimum Gasteiger partial charge on any atom is -0.385 e. The summed E-state index contributed by atoms with van der Waals surface area (Å²) in [7, 11) is 0. The first-order valence-electron chi connectivity index (χ1n) is 5.48. The van der Waals surface area contributed by atoms with Crippen molar-refractivity contribution >= 4 is 39.6 Å². The molecule has 3 rings (SSSR count). The zero-order chi connectivity index (χ0) is 11.3. The number of aryl methyl sites for hydroxylation is 1. The summed E-state index contributed by atoms with van der Waals surface area (Å²) in [5.74, 6) is 1.27. The van der Waals surface area contributed by atoms with Crippen LogP contribution in [0.25, 0.3) is 10.2 Å². The number of fused-ring (bicyclic) bond motifs is 3. The molecular weight excluding hydrogens is 238 g/mol. The van der Waals surface area contributed by atoms with Crippen molar-refractivity contribution < 1.29 is 0 Å². The van der Waals surface area contributed by atoms with Crippen LogP contribution in [-0.4, -0.2) is 9.97 Å². The Bertz CT molecular complexity index is 611. The van der Waals surface area contributed by atoms with Gasteiger partial charge in [-0.2, -0.15) is 0 Å². The molecule has 0 spiro atoms. The van der Waals surface area contributed by atoms with Crippen molar-refractivity contribution in [1.82, 2.24) is 9.97 Å². The highest BCUT2D eigenvalue weighted by molar-refractivity contribution is 7.71. The van der Waals surface area contributed by atoms with Gasteiger partial charge in [0.05, 0.1) is 5.39 Å². The summed E-state index contributed by atoms with van der Waals surface area (Å²) < 4.78 is 0.483. The first-order chi connectivity index (χ1) is 7.66. The van der Waals surface area contributed by atoms with Gasteiger partial charge in [0.2, 0.25) is 0 Å². The first kappa shape index (κ1) is 10.2. The Balaban J connectivity index is 2.42. The summed E-state index contributed by atoms with van der Waals surface area (Å²) in [5, 5.41) is 1.11. The normalized spacial score (nSPS) is 19.9. The van der Waals surface area contributed by atoms with Gasteiger partial charge in [0.15, 0.2) is 4.77 Å². The summed E-state index contributed by atoms with van der Waals surface area (Å²) in [6.07, 6.45) is 3.67. The van der Waals surface area contributed by atoms with Crippen LogP contribution in [0.5, 0.6) is 0 Å². The van der Waals surface area contributed by atoms with Crippen LogP contribution in [0.1, 0.15) is 36.1 Å². The standard InChI is InChI=1S/C11H13N3S2/c1-5-3-2-4-6-7(5)8-9(12)13-11(15)14-10(8)16-6/h5H,2-4H2,1H3,(H3,12,13,14,15)/t5-/m1/s1. The van der Waals surface area contributed by atoms with Crippen LogP contribution in [0.4, 0.5) is 5.82 Å². The molecule has 3 nitrogen and oxygen atoms in total. The molecule has 2 aromatic rings. The topological polar surface area (TPSA) is 54.7 Å². The van der Waals surface area contributed by atoms with Crippen LogP contribution in [0.3, 0.4) is 0 Å². The van der Waals surface area contributed by atoms with E-state index in [9.17, 15) is 0 Å². The molecule has 0 radical (unpaired) electrons. The van der Waals surface area contributed by atoms with Crippen molar-refractivity contribution in [2.45, 2.75) is 32.1 Å². The molecule has 1 atom stereocenters. The number of nitrogens with two attached hydrogens (primary N) is 1. The third-order valence-electron chi connectivity index (χ3n) is 3.25. The number of hydrogen-bond donors (Lipinski definition) is 2. The lowest BCUT2D eigenvalue weighted by atomic mass is 9.87. The average molecular weight is 251 g/mol. The highest BCUT2D eigenvalue weighted by atomic mass is 32.1. The lowest BCUT2D eigenvalue weighted by Gasteiger charge is -2.18. The van der Waals surface area contributed by atoms with Crippen LogP contribution in [0, 0.1) is 4.77 Å². The zero-order valence-corrected chi connectivity index (χ0v) is 10.7. The fraction of sp³-hybridized carbons (Fsp3) is 0.455. The molecule has 0 aromatic carbocycles. The number of anilines is 1. The first-order valence-corrected chi connectivity index (χ1v) is 6.70. The summed E-state index contributed by atoms with van der Waals surface area (Å²) >= 11 is 6.81. The second-order valence-corrected chi connectivity index (χ2v) is 5.84. The maximum Gasteiger partial charge on any atom is 0.199 e. The molecule has 3 N–H and O–H groups in total. The highest BCUT2D eigenvalue weighted by Gasteiger charge is 2.23. The van der Waals surface area contributed by atoms with Gasteiger partial charge in [-0.05, 0) is 43.0 Å². The molecule has 0 aliphatic heterocycles. The van der Waals surface area contributed by atoms with E-state index in [0.29, 0.717) is 16.5 Å². The van der Waals surface area contributed by atoms with Crippen molar-refractivity contribution in [1.29, 1.82) is 0 Å². The molecule has 0 saturated heterocycles. The molecule has 0 unspecified atom stereocenters. The van der Waals surface area contributed by atoms with E-state index in [2.05, 4.69) is 16.9 Å². The zero-order valence-electron chi connectivity index (χ0n) is 9.04. The van der Waals surface area contributed by atoms with E-state index in [4.69, 9.17) is 18.0 Å². The molecule has 2 aromatic heterocycles. The van der Waals surface area contributed by atoms with E-state index in [1.54, 1.807) is 11.3 Å².